The van der Waals surface area contributed by atoms with Crippen LogP contribution in [0.25, 0.3) is 0 Å². The van der Waals surface area contributed by atoms with Crippen molar-refractivity contribution in [2.24, 2.45) is 0 Å². The lowest BCUT2D eigenvalue weighted by Crippen LogP contribution is -2.24. The van der Waals surface area contributed by atoms with Crippen LogP contribution in [-0.4, -0.2) is 42.2 Å². The van der Waals surface area contributed by atoms with E-state index in [4.69, 9.17) is 5.11 Å². The highest BCUT2D eigenvalue weighted by Crippen LogP contribution is 2.32. The predicted octanol–water partition coefficient (Wildman–Crippen LogP) is 2.52. The summed E-state index contributed by atoms with van der Waals surface area (Å²) in [6.45, 7) is 1.58. The van der Waals surface area contributed by atoms with Crippen LogP contribution in [0.15, 0.2) is 18.2 Å². The number of benzene rings is 1. The quantitative estimate of drug-likeness (QED) is 0.897. The topological polar surface area (TPSA) is 52.6 Å². The summed E-state index contributed by atoms with van der Waals surface area (Å²) in [5.41, 5.74) is -1.13. The number of carboxylic acids is 1. The molecule has 1 fully saturated rings. The van der Waals surface area contributed by atoms with E-state index in [1.165, 1.54) is 6.07 Å². The molecule has 1 unspecified atom stereocenters. The van der Waals surface area contributed by atoms with Crippen molar-refractivity contribution in [3.05, 3.63) is 29.3 Å². The third kappa shape index (κ3) is 3.41. The number of alkyl halides is 3. The van der Waals surface area contributed by atoms with Gasteiger partial charge in [-0.15, -0.1) is 0 Å². The SMILES string of the molecule is CN1CCC(Nc2cc(C(=O)O)cc(C(F)(F)F)c2)C1. The maximum absolute atomic E-state index is 12.8. The van der Waals surface area contributed by atoms with Crippen molar-refractivity contribution in [2.45, 2.75) is 18.6 Å². The summed E-state index contributed by atoms with van der Waals surface area (Å²) in [5.74, 6) is -1.37. The third-order valence-electron chi connectivity index (χ3n) is 3.27. The molecule has 1 aromatic rings. The van der Waals surface area contributed by atoms with E-state index >= 15 is 0 Å². The third-order valence-corrected chi connectivity index (χ3v) is 3.27. The average molecular weight is 288 g/mol. The first kappa shape index (κ1) is 14.6. The molecule has 1 aliphatic heterocycles. The van der Waals surface area contributed by atoms with Crippen molar-refractivity contribution in [3.63, 3.8) is 0 Å². The van der Waals surface area contributed by atoms with Crippen molar-refractivity contribution < 1.29 is 23.1 Å². The second-order valence-corrected chi connectivity index (χ2v) is 4.99. The van der Waals surface area contributed by atoms with Gasteiger partial charge in [0.15, 0.2) is 0 Å². The summed E-state index contributed by atoms with van der Waals surface area (Å²) >= 11 is 0. The number of anilines is 1. The van der Waals surface area contributed by atoms with E-state index in [-0.39, 0.29) is 17.3 Å². The Labute approximate surface area is 114 Å². The number of halogens is 3. The fourth-order valence-corrected chi connectivity index (χ4v) is 2.29. The standard InChI is InChI=1S/C13H15F3N2O2/c1-18-3-2-10(7-18)17-11-5-8(12(19)20)4-9(6-11)13(14,15)16/h4-6,10,17H,2-3,7H2,1H3,(H,19,20). The highest BCUT2D eigenvalue weighted by Gasteiger charge is 2.32. The van der Waals surface area contributed by atoms with Crippen LogP contribution in [0.4, 0.5) is 18.9 Å². The molecular formula is C13H15F3N2O2. The molecule has 0 saturated carbocycles. The van der Waals surface area contributed by atoms with E-state index in [1.807, 2.05) is 7.05 Å². The van der Waals surface area contributed by atoms with Crippen LogP contribution >= 0.6 is 0 Å². The molecule has 1 aromatic carbocycles. The van der Waals surface area contributed by atoms with Crippen LogP contribution in [0, 0.1) is 0 Å². The molecule has 0 radical (unpaired) electrons. The zero-order chi connectivity index (χ0) is 14.9. The Morgan fingerprint density at radius 2 is 2.10 bits per heavy atom. The monoisotopic (exact) mass is 288 g/mol. The molecule has 1 saturated heterocycles. The number of hydrogen-bond donors (Lipinski definition) is 2. The minimum absolute atomic E-state index is 0.0325. The zero-order valence-corrected chi connectivity index (χ0v) is 10.9. The number of hydrogen-bond acceptors (Lipinski definition) is 3. The van der Waals surface area contributed by atoms with Gasteiger partial charge in [0.2, 0.25) is 0 Å². The Morgan fingerprint density at radius 1 is 1.40 bits per heavy atom. The Kier molecular flexibility index (Phi) is 3.89. The van der Waals surface area contributed by atoms with E-state index < -0.39 is 17.7 Å². The van der Waals surface area contributed by atoms with Gasteiger partial charge >= 0.3 is 12.1 Å². The molecule has 2 rings (SSSR count). The van der Waals surface area contributed by atoms with Crippen molar-refractivity contribution in [1.29, 1.82) is 0 Å². The van der Waals surface area contributed by atoms with Crippen molar-refractivity contribution in [3.8, 4) is 0 Å². The van der Waals surface area contributed by atoms with E-state index in [2.05, 4.69) is 10.2 Å². The molecular weight excluding hydrogens is 273 g/mol. The summed E-state index contributed by atoms with van der Waals surface area (Å²) in [6, 6.07) is 2.86. The van der Waals surface area contributed by atoms with Crippen molar-refractivity contribution in [2.75, 3.05) is 25.5 Å². The molecule has 0 amide bonds. The first-order valence-corrected chi connectivity index (χ1v) is 6.16. The van der Waals surface area contributed by atoms with Gasteiger partial charge < -0.3 is 15.3 Å². The van der Waals surface area contributed by atoms with Gasteiger partial charge in [0.25, 0.3) is 0 Å². The van der Waals surface area contributed by atoms with Crippen LogP contribution < -0.4 is 5.32 Å². The molecule has 0 aromatic heterocycles. The first-order chi connectivity index (χ1) is 9.25. The molecule has 0 bridgehead atoms. The van der Waals surface area contributed by atoms with Gasteiger partial charge in [0.05, 0.1) is 11.1 Å². The van der Waals surface area contributed by atoms with Gasteiger partial charge in [-0.05, 0) is 38.2 Å². The van der Waals surface area contributed by atoms with Crippen molar-refractivity contribution >= 4 is 11.7 Å². The highest BCUT2D eigenvalue weighted by atomic mass is 19.4. The van der Waals surface area contributed by atoms with Gasteiger partial charge in [-0.3, -0.25) is 0 Å². The number of aromatic carboxylic acids is 1. The number of nitrogens with one attached hydrogen (secondary N) is 1. The molecule has 20 heavy (non-hydrogen) atoms. The molecule has 0 aliphatic carbocycles. The Hall–Kier alpha value is -1.76. The van der Waals surface area contributed by atoms with Gasteiger partial charge in [0.1, 0.15) is 0 Å². The number of carboxylic acid groups (broad SMARTS) is 1. The van der Waals surface area contributed by atoms with Gasteiger partial charge in [0, 0.05) is 18.3 Å². The lowest BCUT2D eigenvalue weighted by molar-refractivity contribution is -0.137. The number of nitrogens with zero attached hydrogens (tertiary/aromatic N) is 1. The summed E-state index contributed by atoms with van der Waals surface area (Å²) in [4.78, 5) is 13.0. The fourth-order valence-electron chi connectivity index (χ4n) is 2.29. The number of likely N-dealkylation sites (N-methyl/N-ethyl adjacent to an activating group) is 1. The largest absolute Gasteiger partial charge is 0.478 e. The van der Waals surface area contributed by atoms with Gasteiger partial charge in [-0.2, -0.15) is 13.2 Å². The van der Waals surface area contributed by atoms with Crippen LogP contribution in [0.3, 0.4) is 0 Å². The molecule has 0 spiro atoms. The maximum atomic E-state index is 12.8. The Balaban J connectivity index is 2.27. The van der Waals surface area contributed by atoms with Crippen LogP contribution in [-0.2, 0) is 6.18 Å². The molecule has 1 aliphatic rings. The predicted molar refractivity (Wildman–Crippen MR) is 67.9 cm³/mol. The average Bonchev–Trinajstić information content (AvgIpc) is 2.73. The lowest BCUT2D eigenvalue weighted by atomic mass is 10.1. The second-order valence-electron chi connectivity index (χ2n) is 4.99. The Morgan fingerprint density at radius 3 is 2.60 bits per heavy atom. The van der Waals surface area contributed by atoms with Gasteiger partial charge in [-0.25, -0.2) is 4.79 Å². The van der Waals surface area contributed by atoms with E-state index in [1.54, 1.807) is 0 Å². The minimum Gasteiger partial charge on any atom is -0.478 e. The van der Waals surface area contributed by atoms with Crippen LogP contribution in [0.1, 0.15) is 22.3 Å². The Bertz CT molecular complexity index is 517. The smallest absolute Gasteiger partial charge is 0.416 e. The van der Waals surface area contributed by atoms with Gasteiger partial charge in [-0.1, -0.05) is 0 Å². The van der Waals surface area contributed by atoms with Crippen LogP contribution in [0.2, 0.25) is 0 Å². The maximum Gasteiger partial charge on any atom is 0.416 e. The molecule has 2 N–H and O–H groups in total. The van der Waals surface area contributed by atoms with E-state index in [0.717, 1.165) is 25.6 Å². The fraction of sp³-hybridized carbons (Fsp3) is 0.462. The van der Waals surface area contributed by atoms with Crippen LogP contribution in [0.5, 0.6) is 0 Å². The summed E-state index contributed by atoms with van der Waals surface area (Å²) in [6.07, 6.45) is -3.75. The van der Waals surface area contributed by atoms with E-state index in [0.29, 0.717) is 6.07 Å². The van der Waals surface area contributed by atoms with E-state index in [9.17, 15) is 18.0 Å². The number of likely N-dealkylation sites (tertiary alicyclic amines) is 1. The minimum atomic E-state index is -4.56. The highest BCUT2D eigenvalue weighted by molar-refractivity contribution is 5.89. The summed E-state index contributed by atoms with van der Waals surface area (Å²) in [5, 5.41) is 11.9. The molecule has 4 nitrogen and oxygen atoms in total. The van der Waals surface area contributed by atoms with Crippen molar-refractivity contribution in [1.82, 2.24) is 4.90 Å². The molecule has 1 heterocycles. The second kappa shape index (κ2) is 5.32. The number of carbonyl (C=O) groups is 1. The normalized spacial score (nSPS) is 20.1. The zero-order valence-electron chi connectivity index (χ0n) is 10.9. The lowest BCUT2D eigenvalue weighted by Gasteiger charge is -2.16. The molecule has 110 valence electrons. The number of rotatable bonds is 3. The molecule has 1 atom stereocenters. The first-order valence-electron chi connectivity index (χ1n) is 6.16. The molecule has 7 heteroatoms. The summed E-state index contributed by atoms with van der Waals surface area (Å²) in [7, 11) is 1.93. The summed E-state index contributed by atoms with van der Waals surface area (Å²) < 4.78 is 38.3.